The number of hydrogen-bond donors (Lipinski definition) is 1. The summed E-state index contributed by atoms with van der Waals surface area (Å²) in [5, 5.41) is 10.6. The first-order chi connectivity index (χ1) is 13.5. The normalized spacial score (nSPS) is 16.1. The number of piperidine rings is 1. The third kappa shape index (κ3) is 3.14. The standard InChI is InChI=1S/C22H22N4O2/c1-22(28-2)7-11-26(12-8-22)20-17-13-16(15-5-9-24-10-6-15)3-4-19(17)25-21(27)18(20)14-23/h3-6,9-10,13H,7-8,11-12H2,1-2H3,(H,25,27). The number of ether oxygens (including phenoxy) is 1. The minimum Gasteiger partial charge on any atom is -0.378 e. The molecule has 3 heterocycles. The highest BCUT2D eigenvalue weighted by atomic mass is 16.5. The van der Waals surface area contributed by atoms with Crippen molar-refractivity contribution < 1.29 is 4.74 Å². The molecule has 0 radical (unpaired) electrons. The average molecular weight is 374 g/mol. The van der Waals surface area contributed by atoms with Gasteiger partial charge in [-0.25, -0.2) is 0 Å². The Morgan fingerprint density at radius 3 is 2.54 bits per heavy atom. The van der Waals surface area contributed by atoms with E-state index >= 15 is 0 Å². The second-order valence-electron chi connectivity index (χ2n) is 7.43. The molecule has 0 bridgehead atoms. The first-order valence-corrected chi connectivity index (χ1v) is 9.35. The van der Waals surface area contributed by atoms with E-state index in [1.165, 1.54) is 0 Å². The molecule has 2 aromatic heterocycles. The number of aromatic nitrogens is 2. The van der Waals surface area contributed by atoms with Crippen LogP contribution in [-0.2, 0) is 4.74 Å². The largest absolute Gasteiger partial charge is 0.378 e. The molecule has 6 nitrogen and oxygen atoms in total. The minimum atomic E-state index is -0.346. The Morgan fingerprint density at radius 2 is 1.89 bits per heavy atom. The van der Waals surface area contributed by atoms with Crippen molar-refractivity contribution in [3.05, 3.63) is 58.6 Å². The molecule has 0 saturated carbocycles. The maximum atomic E-state index is 12.5. The molecule has 4 rings (SSSR count). The molecule has 1 aliphatic heterocycles. The van der Waals surface area contributed by atoms with E-state index in [1.807, 2.05) is 30.3 Å². The summed E-state index contributed by atoms with van der Waals surface area (Å²) in [7, 11) is 1.74. The molecule has 1 aliphatic rings. The van der Waals surface area contributed by atoms with Gasteiger partial charge in [0.2, 0.25) is 0 Å². The summed E-state index contributed by atoms with van der Waals surface area (Å²) in [5.74, 6) is 0. The van der Waals surface area contributed by atoms with Crippen molar-refractivity contribution in [2.45, 2.75) is 25.4 Å². The average Bonchev–Trinajstić information content (AvgIpc) is 2.74. The summed E-state index contributed by atoms with van der Waals surface area (Å²) < 4.78 is 5.64. The highest BCUT2D eigenvalue weighted by molar-refractivity contribution is 5.97. The van der Waals surface area contributed by atoms with Crippen molar-refractivity contribution in [1.82, 2.24) is 9.97 Å². The predicted molar refractivity (Wildman–Crippen MR) is 109 cm³/mol. The number of benzene rings is 1. The van der Waals surface area contributed by atoms with E-state index in [2.05, 4.69) is 27.9 Å². The fraction of sp³-hybridized carbons (Fsp3) is 0.318. The van der Waals surface area contributed by atoms with Gasteiger partial charge in [0, 0.05) is 38.0 Å². The van der Waals surface area contributed by atoms with E-state index in [0.29, 0.717) is 0 Å². The van der Waals surface area contributed by atoms with E-state index < -0.39 is 0 Å². The number of fused-ring (bicyclic) bond motifs is 1. The lowest BCUT2D eigenvalue weighted by Gasteiger charge is -2.40. The van der Waals surface area contributed by atoms with Crippen molar-refractivity contribution in [3.8, 4) is 17.2 Å². The van der Waals surface area contributed by atoms with Crippen LogP contribution in [0.4, 0.5) is 5.69 Å². The Bertz CT molecular complexity index is 1110. The molecule has 1 fully saturated rings. The summed E-state index contributed by atoms with van der Waals surface area (Å²) >= 11 is 0. The lowest BCUT2D eigenvalue weighted by molar-refractivity contribution is -0.0132. The molecule has 1 saturated heterocycles. The number of nitrogens with zero attached hydrogens (tertiary/aromatic N) is 3. The number of anilines is 1. The van der Waals surface area contributed by atoms with Gasteiger partial charge in [0.1, 0.15) is 11.6 Å². The summed E-state index contributed by atoms with van der Waals surface area (Å²) in [6, 6.07) is 11.9. The van der Waals surface area contributed by atoms with Gasteiger partial charge in [0.15, 0.2) is 0 Å². The van der Waals surface area contributed by atoms with Crippen molar-refractivity contribution in [3.63, 3.8) is 0 Å². The fourth-order valence-electron chi connectivity index (χ4n) is 3.84. The Labute approximate surface area is 163 Å². The molecule has 28 heavy (non-hydrogen) atoms. The Morgan fingerprint density at radius 1 is 1.18 bits per heavy atom. The molecule has 0 unspecified atom stereocenters. The van der Waals surface area contributed by atoms with E-state index in [-0.39, 0.29) is 16.7 Å². The summed E-state index contributed by atoms with van der Waals surface area (Å²) in [4.78, 5) is 21.6. The quantitative estimate of drug-likeness (QED) is 0.759. The van der Waals surface area contributed by atoms with Gasteiger partial charge in [0.05, 0.1) is 16.8 Å². The lowest BCUT2D eigenvalue weighted by atomic mass is 9.92. The molecule has 0 spiro atoms. The lowest BCUT2D eigenvalue weighted by Crippen LogP contribution is -2.44. The van der Waals surface area contributed by atoms with E-state index in [0.717, 1.165) is 53.6 Å². The van der Waals surface area contributed by atoms with Crippen LogP contribution in [0.1, 0.15) is 25.3 Å². The summed E-state index contributed by atoms with van der Waals surface area (Å²) in [6.45, 7) is 3.57. The maximum absolute atomic E-state index is 12.5. The van der Waals surface area contributed by atoms with Gasteiger partial charge in [-0.15, -0.1) is 0 Å². The number of rotatable bonds is 3. The van der Waals surface area contributed by atoms with E-state index in [9.17, 15) is 10.1 Å². The molecule has 6 heteroatoms. The van der Waals surface area contributed by atoms with Crippen molar-refractivity contribution in [2.75, 3.05) is 25.1 Å². The zero-order valence-electron chi connectivity index (χ0n) is 16.0. The molecule has 3 aromatic rings. The minimum absolute atomic E-state index is 0.164. The van der Waals surface area contributed by atoms with Crippen LogP contribution in [0.5, 0.6) is 0 Å². The summed E-state index contributed by atoms with van der Waals surface area (Å²) in [6.07, 6.45) is 5.19. The molecule has 1 N–H and O–H groups in total. The second kappa shape index (κ2) is 7.10. The van der Waals surface area contributed by atoms with Crippen molar-refractivity contribution in [2.24, 2.45) is 0 Å². The number of methoxy groups -OCH3 is 1. The Balaban J connectivity index is 1.88. The SMILES string of the molecule is COC1(C)CCN(c2c(C#N)c(=O)[nH]c3ccc(-c4ccncc4)cc23)CC1. The molecule has 0 aliphatic carbocycles. The van der Waals surface area contributed by atoms with Crippen LogP contribution in [0.15, 0.2) is 47.5 Å². The highest BCUT2D eigenvalue weighted by Gasteiger charge is 2.31. The van der Waals surface area contributed by atoms with Gasteiger partial charge in [-0.05, 0) is 55.2 Å². The molecule has 1 aromatic carbocycles. The molecule has 142 valence electrons. The van der Waals surface area contributed by atoms with Crippen molar-refractivity contribution in [1.29, 1.82) is 5.26 Å². The monoisotopic (exact) mass is 374 g/mol. The second-order valence-corrected chi connectivity index (χ2v) is 7.43. The third-order valence-electron chi connectivity index (χ3n) is 5.74. The maximum Gasteiger partial charge on any atom is 0.268 e. The van der Waals surface area contributed by atoms with E-state index in [1.54, 1.807) is 19.5 Å². The van der Waals surface area contributed by atoms with Gasteiger partial charge < -0.3 is 14.6 Å². The van der Waals surface area contributed by atoms with Crippen LogP contribution in [-0.4, -0.2) is 35.8 Å². The first kappa shape index (κ1) is 18.2. The van der Waals surface area contributed by atoms with Crippen LogP contribution < -0.4 is 10.5 Å². The van der Waals surface area contributed by atoms with Gasteiger partial charge >= 0.3 is 0 Å². The number of H-pyrrole nitrogens is 1. The molecular formula is C22H22N4O2. The predicted octanol–water partition coefficient (Wildman–Crippen LogP) is 3.47. The van der Waals surface area contributed by atoms with Crippen LogP contribution in [0.3, 0.4) is 0 Å². The smallest absolute Gasteiger partial charge is 0.268 e. The summed E-state index contributed by atoms with van der Waals surface area (Å²) in [5.41, 5.74) is 3.17. The Kier molecular flexibility index (Phi) is 4.62. The number of nitrogens with one attached hydrogen (secondary N) is 1. The van der Waals surface area contributed by atoms with E-state index in [4.69, 9.17) is 4.74 Å². The van der Waals surface area contributed by atoms with Gasteiger partial charge in [0.25, 0.3) is 5.56 Å². The molecule has 0 amide bonds. The third-order valence-corrected chi connectivity index (χ3v) is 5.74. The first-order valence-electron chi connectivity index (χ1n) is 9.35. The highest BCUT2D eigenvalue weighted by Crippen LogP contribution is 2.35. The molecular weight excluding hydrogens is 352 g/mol. The van der Waals surface area contributed by atoms with Crippen molar-refractivity contribution >= 4 is 16.6 Å². The van der Waals surface area contributed by atoms with Gasteiger partial charge in [-0.2, -0.15) is 5.26 Å². The van der Waals surface area contributed by atoms with Crippen LogP contribution in [0.25, 0.3) is 22.0 Å². The number of aromatic amines is 1. The zero-order chi connectivity index (χ0) is 19.7. The number of hydrogen-bond acceptors (Lipinski definition) is 5. The van der Waals surface area contributed by atoms with Crippen LogP contribution in [0, 0.1) is 11.3 Å². The molecule has 0 atom stereocenters. The topological polar surface area (TPSA) is 82.0 Å². The van der Waals surface area contributed by atoms with Crippen LogP contribution in [0.2, 0.25) is 0 Å². The van der Waals surface area contributed by atoms with Crippen LogP contribution >= 0.6 is 0 Å². The van der Waals surface area contributed by atoms with Gasteiger partial charge in [-0.3, -0.25) is 9.78 Å². The zero-order valence-corrected chi connectivity index (χ0v) is 16.0. The number of nitriles is 1. The Hall–Kier alpha value is -3.17. The van der Waals surface area contributed by atoms with Gasteiger partial charge in [-0.1, -0.05) is 6.07 Å². The fourth-order valence-corrected chi connectivity index (χ4v) is 3.84. The number of pyridine rings is 2.